The molecule has 0 aromatic rings. The molecule has 1 unspecified atom stereocenters. The first kappa shape index (κ1) is 17.0. The first-order valence-corrected chi connectivity index (χ1v) is 6.71. The quantitative estimate of drug-likeness (QED) is 0.560. The van der Waals surface area contributed by atoms with Crippen molar-refractivity contribution in [2.24, 2.45) is 0 Å². The highest BCUT2D eigenvalue weighted by Gasteiger charge is 2.36. The number of ether oxygens (including phenoxy) is 1. The summed E-state index contributed by atoms with van der Waals surface area (Å²) in [5.74, 6) is 2.58. The Balaban J connectivity index is 0.00000137. The lowest BCUT2D eigenvalue weighted by molar-refractivity contribution is -0.156. The molecule has 0 N–H and O–H groups in total. The van der Waals surface area contributed by atoms with Crippen LogP contribution in [0.2, 0.25) is 0 Å². The van der Waals surface area contributed by atoms with Crippen LogP contribution in [-0.4, -0.2) is 35.1 Å². The Hall–Kier alpha value is -1.01. The van der Waals surface area contributed by atoms with E-state index in [2.05, 4.69) is 5.92 Å². The standard InChI is InChI=1S/C13H21NO2.C2H6/c1-6-13(5)8-7-9-14(13)10-11(15)16-12(2,3)4;1-2/h1H,7-10H2,2-5H3;1-2H3. The molecular weight excluding hydrogens is 226 g/mol. The van der Waals surface area contributed by atoms with Gasteiger partial charge in [-0.3, -0.25) is 9.69 Å². The third-order valence-corrected chi connectivity index (χ3v) is 2.84. The lowest BCUT2D eigenvalue weighted by atomic mass is 10.0. The van der Waals surface area contributed by atoms with E-state index < -0.39 is 5.60 Å². The van der Waals surface area contributed by atoms with Crippen LogP contribution in [0, 0.1) is 12.3 Å². The van der Waals surface area contributed by atoms with Gasteiger partial charge in [0.2, 0.25) is 0 Å². The zero-order valence-corrected chi connectivity index (χ0v) is 12.7. The molecular formula is C15H27NO2. The van der Waals surface area contributed by atoms with E-state index in [1.165, 1.54) is 0 Å². The molecule has 0 radical (unpaired) electrons. The van der Waals surface area contributed by atoms with E-state index in [1.807, 2.05) is 46.4 Å². The van der Waals surface area contributed by atoms with Crippen molar-refractivity contribution in [3.63, 3.8) is 0 Å². The summed E-state index contributed by atoms with van der Waals surface area (Å²) in [4.78, 5) is 13.7. The molecule has 3 nitrogen and oxygen atoms in total. The fraction of sp³-hybridized carbons (Fsp3) is 0.800. The lowest BCUT2D eigenvalue weighted by Crippen LogP contribution is -2.44. The molecule has 104 valence electrons. The number of terminal acetylenes is 1. The van der Waals surface area contributed by atoms with Gasteiger partial charge in [0, 0.05) is 6.54 Å². The van der Waals surface area contributed by atoms with Crippen LogP contribution >= 0.6 is 0 Å². The number of rotatable bonds is 2. The molecule has 18 heavy (non-hydrogen) atoms. The van der Waals surface area contributed by atoms with Crippen LogP contribution in [-0.2, 0) is 9.53 Å². The van der Waals surface area contributed by atoms with Crippen molar-refractivity contribution in [1.29, 1.82) is 0 Å². The van der Waals surface area contributed by atoms with Gasteiger partial charge in [-0.1, -0.05) is 19.8 Å². The molecule has 1 heterocycles. The predicted molar refractivity (Wildman–Crippen MR) is 75.2 cm³/mol. The van der Waals surface area contributed by atoms with Crippen molar-refractivity contribution in [2.45, 2.75) is 65.5 Å². The maximum atomic E-state index is 11.7. The van der Waals surface area contributed by atoms with Crippen molar-refractivity contribution in [1.82, 2.24) is 4.90 Å². The molecule has 1 rings (SSSR count). The lowest BCUT2D eigenvalue weighted by Gasteiger charge is -2.30. The summed E-state index contributed by atoms with van der Waals surface area (Å²) in [6.45, 7) is 12.8. The molecule has 3 heteroatoms. The summed E-state index contributed by atoms with van der Waals surface area (Å²) in [6, 6.07) is 0. The second-order valence-corrected chi connectivity index (χ2v) is 5.53. The van der Waals surface area contributed by atoms with Gasteiger partial charge in [-0.2, -0.15) is 0 Å². The number of hydrogen-bond donors (Lipinski definition) is 0. The molecule has 0 aliphatic carbocycles. The van der Waals surface area contributed by atoms with Crippen molar-refractivity contribution >= 4 is 5.97 Å². The van der Waals surface area contributed by atoms with Crippen molar-refractivity contribution in [3.8, 4) is 12.3 Å². The third-order valence-electron chi connectivity index (χ3n) is 2.84. The molecule has 1 atom stereocenters. The minimum Gasteiger partial charge on any atom is -0.459 e. The van der Waals surface area contributed by atoms with Crippen LogP contribution in [0.5, 0.6) is 0 Å². The van der Waals surface area contributed by atoms with E-state index in [-0.39, 0.29) is 18.1 Å². The van der Waals surface area contributed by atoms with Crippen molar-refractivity contribution in [2.75, 3.05) is 13.1 Å². The predicted octanol–water partition coefficient (Wildman–Crippen LogP) is 2.84. The largest absolute Gasteiger partial charge is 0.459 e. The number of esters is 1. The molecule has 1 aliphatic rings. The highest BCUT2D eigenvalue weighted by atomic mass is 16.6. The van der Waals surface area contributed by atoms with Crippen LogP contribution in [0.1, 0.15) is 54.4 Å². The SMILES string of the molecule is C#CC1(C)CCCN1CC(=O)OC(C)(C)C.CC. The van der Waals surface area contributed by atoms with Crippen LogP contribution in [0.4, 0.5) is 0 Å². The van der Waals surface area contributed by atoms with Gasteiger partial charge >= 0.3 is 5.97 Å². The number of nitrogens with zero attached hydrogens (tertiary/aromatic N) is 1. The van der Waals surface area contributed by atoms with E-state index in [9.17, 15) is 4.79 Å². The monoisotopic (exact) mass is 253 g/mol. The van der Waals surface area contributed by atoms with E-state index in [4.69, 9.17) is 11.2 Å². The fourth-order valence-corrected chi connectivity index (χ4v) is 1.97. The Kier molecular flexibility index (Phi) is 6.42. The normalized spacial score (nSPS) is 23.8. The van der Waals surface area contributed by atoms with Gasteiger partial charge in [0.15, 0.2) is 0 Å². The maximum absolute atomic E-state index is 11.7. The second-order valence-electron chi connectivity index (χ2n) is 5.53. The molecule has 1 aliphatic heterocycles. The molecule has 0 aromatic heterocycles. The average molecular weight is 253 g/mol. The van der Waals surface area contributed by atoms with Gasteiger partial charge in [-0.05, 0) is 40.5 Å². The number of hydrogen-bond acceptors (Lipinski definition) is 3. The summed E-state index contributed by atoms with van der Waals surface area (Å²) >= 11 is 0. The van der Waals surface area contributed by atoms with Crippen LogP contribution in [0.3, 0.4) is 0 Å². The van der Waals surface area contributed by atoms with Crippen LogP contribution in [0.25, 0.3) is 0 Å². The highest BCUT2D eigenvalue weighted by Crippen LogP contribution is 2.27. The van der Waals surface area contributed by atoms with Crippen LogP contribution < -0.4 is 0 Å². The van der Waals surface area contributed by atoms with E-state index >= 15 is 0 Å². The zero-order valence-electron chi connectivity index (χ0n) is 12.7. The smallest absolute Gasteiger partial charge is 0.320 e. The third kappa shape index (κ3) is 5.10. The molecule has 1 saturated heterocycles. The molecule has 0 aromatic carbocycles. The van der Waals surface area contributed by atoms with Gasteiger partial charge in [0.25, 0.3) is 0 Å². The summed E-state index contributed by atoms with van der Waals surface area (Å²) in [7, 11) is 0. The number of carbonyl (C=O) groups excluding carboxylic acids is 1. The Labute approximate surface area is 112 Å². The van der Waals surface area contributed by atoms with Crippen molar-refractivity contribution < 1.29 is 9.53 Å². The Morgan fingerprint density at radius 2 is 2.00 bits per heavy atom. The van der Waals surface area contributed by atoms with Gasteiger partial charge in [-0.25, -0.2) is 0 Å². The number of carbonyl (C=O) groups is 1. The maximum Gasteiger partial charge on any atom is 0.320 e. The fourth-order valence-electron chi connectivity index (χ4n) is 1.97. The Morgan fingerprint density at radius 1 is 1.44 bits per heavy atom. The van der Waals surface area contributed by atoms with Gasteiger partial charge in [-0.15, -0.1) is 6.42 Å². The van der Waals surface area contributed by atoms with E-state index in [1.54, 1.807) is 0 Å². The number of likely N-dealkylation sites (tertiary alicyclic amines) is 1. The summed E-state index contributed by atoms with van der Waals surface area (Å²) in [5, 5.41) is 0. The first-order valence-electron chi connectivity index (χ1n) is 6.71. The van der Waals surface area contributed by atoms with Crippen molar-refractivity contribution in [3.05, 3.63) is 0 Å². The topological polar surface area (TPSA) is 29.5 Å². The Morgan fingerprint density at radius 3 is 2.44 bits per heavy atom. The van der Waals surface area contributed by atoms with E-state index in [0.717, 1.165) is 19.4 Å². The second kappa shape index (κ2) is 6.80. The van der Waals surface area contributed by atoms with E-state index in [0.29, 0.717) is 0 Å². The molecule has 1 fully saturated rings. The van der Waals surface area contributed by atoms with Crippen LogP contribution in [0.15, 0.2) is 0 Å². The first-order chi connectivity index (χ1) is 8.27. The summed E-state index contributed by atoms with van der Waals surface area (Å²) in [5.41, 5.74) is -0.708. The molecule has 0 spiro atoms. The van der Waals surface area contributed by atoms with Gasteiger partial charge < -0.3 is 4.74 Å². The van der Waals surface area contributed by atoms with Gasteiger partial charge in [0.05, 0.1) is 12.1 Å². The average Bonchev–Trinajstić information content (AvgIpc) is 2.61. The minimum absolute atomic E-state index is 0.198. The minimum atomic E-state index is -0.427. The highest BCUT2D eigenvalue weighted by molar-refractivity contribution is 5.72. The Bertz CT molecular complexity index is 311. The molecule has 0 bridgehead atoms. The summed E-state index contributed by atoms with van der Waals surface area (Å²) in [6.07, 6.45) is 7.51. The molecule has 0 amide bonds. The van der Waals surface area contributed by atoms with Gasteiger partial charge in [0.1, 0.15) is 5.60 Å². The zero-order chi connectivity index (χ0) is 14.4. The molecule has 0 saturated carbocycles. The summed E-state index contributed by atoms with van der Waals surface area (Å²) < 4.78 is 5.29.